The summed E-state index contributed by atoms with van der Waals surface area (Å²) in [7, 11) is 0. The lowest BCUT2D eigenvalue weighted by Gasteiger charge is -2.38. The summed E-state index contributed by atoms with van der Waals surface area (Å²) in [4.78, 5) is 13.4. The molecule has 7 unspecified atom stereocenters. The Bertz CT molecular complexity index is 630. The van der Waals surface area contributed by atoms with Crippen LogP contribution in [-0.2, 0) is 9.53 Å². The molecule has 4 fully saturated rings. The van der Waals surface area contributed by atoms with Gasteiger partial charge >= 0.3 is 5.97 Å². The molecule has 30 heavy (non-hydrogen) atoms. The fraction of sp³-hybridized carbons (Fsp3) is 0.964. The van der Waals surface area contributed by atoms with Crippen LogP contribution in [0.25, 0.3) is 0 Å². The Morgan fingerprint density at radius 1 is 0.867 bits per heavy atom. The Morgan fingerprint density at radius 3 is 1.97 bits per heavy atom. The van der Waals surface area contributed by atoms with E-state index in [-0.39, 0.29) is 17.5 Å². The zero-order valence-corrected chi connectivity index (χ0v) is 20.9. The van der Waals surface area contributed by atoms with E-state index in [0.717, 1.165) is 55.3 Å². The Balaban J connectivity index is 1.52. The Kier molecular flexibility index (Phi) is 5.89. The van der Waals surface area contributed by atoms with Crippen molar-refractivity contribution >= 4 is 5.97 Å². The van der Waals surface area contributed by atoms with E-state index in [2.05, 4.69) is 48.5 Å². The van der Waals surface area contributed by atoms with Gasteiger partial charge in [-0.25, -0.2) is 0 Å². The third-order valence-electron chi connectivity index (χ3n) is 9.35. The first kappa shape index (κ1) is 22.7. The summed E-state index contributed by atoms with van der Waals surface area (Å²) in [6.07, 6.45) is 12.1. The van der Waals surface area contributed by atoms with Crippen LogP contribution < -0.4 is 0 Å². The van der Waals surface area contributed by atoms with E-state index in [9.17, 15) is 4.79 Å². The molecule has 4 aliphatic carbocycles. The molecule has 2 bridgehead atoms. The van der Waals surface area contributed by atoms with Crippen molar-refractivity contribution in [2.24, 2.45) is 52.3 Å². The molecule has 0 aliphatic heterocycles. The second kappa shape index (κ2) is 7.80. The molecule has 4 rings (SSSR count). The van der Waals surface area contributed by atoms with Gasteiger partial charge in [-0.2, -0.15) is 0 Å². The van der Waals surface area contributed by atoms with Gasteiger partial charge in [0.25, 0.3) is 0 Å². The van der Waals surface area contributed by atoms with Gasteiger partial charge in [-0.3, -0.25) is 4.79 Å². The third kappa shape index (κ3) is 4.36. The van der Waals surface area contributed by atoms with Gasteiger partial charge in [-0.1, -0.05) is 48.5 Å². The molecule has 0 amide bonds. The van der Waals surface area contributed by atoms with Gasteiger partial charge in [0.05, 0.1) is 5.92 Å². The van der Waals surface area contributed by atoms with Crippen LogP contribution >= 0.6 is 0 Å². The molecular formula is C28H48O2. The predicted octanol–water partition coefficient (Wildman–Crippen LogP) is 7.65. The lowest BCUT2D eigenvalue weighted by Crippen LogP contribution is -2.39. The summed E-state index contributed by atoms with van der Waals surface area (Å²) < 4.78 is 6.34. The van der Waals surface area contributed by atoms with Crippen molar-refractivity contribution in [2.45, 2.75) is 118 Å². The second-order valence-electron chi connectivity index (χ2n) is 14.1. The highest BCUT2D eigenvalue weighted by atomic mass is 16.6. The van der Waals surface area contributed by atoms with Crippen molar-refractivity contribution in [1.29, 1.82) is 0 Å². The van der Waals surface area contributed by atoms with Gasteiger partial charge in [0.2, 0.25) is 0 Å². The average molecular weight is 417 g/mol. The third-order valence-corrected chi connectivity index (χ3v) is 9.35. The number of carbonyl (C=O) groups excluding carboxylic acids is 1. The van der Waals surface area contributed by atoms with E-state index < -0.39 is 0 Å². The summed E-state index contributed by atoms with van der Waals surface area (Å²) in [5.74, 6) is 5.06. The van der Waals surface area contributed by atoms with Gasteiger partial charge in [-0.05, 0) is 111 Å². The van der Waals surface area contributed by atoms with Crippen molar-refractivity contribution < 1.29 is 9.53 Å². The highest BCUT2D eigenvalue weighted by Crippen LogP contribution is 2.67. The average Bonchev–Trinajstić information content (AvgIpc) is 3.35. The number of rotatable bonds is 5. The molecule has 0 saturated heterocycles. The SMILES string of the molecule is CCC1(OC(=O)C2CC3CC2C2C(CC(C)(C)C)CC(CC(C)(C)C)C32)CCCC1. The number of fused-ring (bicyclic) bond motifs is 5. The van der Waals surface area contributed by atoms with Crippen LogP contribution in [0.15, 0.2) is 0 Å². The van der Waals surface area contributed by atoms with Gasteiger partial charge in [0.15, 0.2) is 0 Å². The molecule has 7 atom stereocenters. The van der Waals surface area contributed by atoms with Gasteiger partial charge < -0.3 is 4.74 Å². The fourth-order valence-corrected chi connectivity index (χ4v) is 8.64. The molecule has 0 heterocycles. The molecule has 2 nitrogen and oxygen atoms in total. The van der Waals surface area contributed by atoms with E-state index >= 15 is 0 Å². The van der Waals surface area contributed by atoms with Crippen LogP contribution in [0.4, 0.5) is 0 Å². The highest BCUT2D eigenvalue weighted by Gasteiger charge is 2.62. The second-order valence-corrected chi connectivity index (χ2v) is 14.1. The number of carbonyl (C=O) groups is 1. The predicted molar refractivity (Wildman–Crippen MR) is 124 cm³/mol. The van der Waals surface area contributed by atoms with E-state index in [1.165, 1.54) is 38.5 Å². The van der Waals surface area contributed by atoms with Crippen LogP contribution in [0, 0.1) is 52.3 Å². The quantitative estimate of drug-likeness (QED) is 0.430. The lowest BCUT2D eigenvalue weighted by molar-refractivity contribution is -0.168. The summed E-state index contributed by atoms with van der Waals surface area (Å²) in [5.41, 5.74) is 0.648. The largest absolute Gasteiger partial charge is 0.459 e. The Hall–Kier alpha value is -0.530. The van der Waals surface area contributed by atoms with Crippen LogP contribution in [0.5, 0.6) is 0 Å². The Morgan fingerprint density at radius 2 is 1.43 bits per heavy atom. The topological polar surface area (TPSA) is 26.3 Å². The maximum absolute atomic E-state index is 13.4. The lowest BCUT2D eigenvalue weighted by atomic mass is 9.68. The van der Waals surface area contributed by atoms with Crippen molar-refractivity contribution in [3.8, 4) is 0 Å². The monoisotopic (exact) mass is 416 g/mol. The summed E-state index contributed by atoms with van der Waals surface area (Å²) >= 11 is 0. The number of esters is 1. The van der Waals surface area contributed by atoms with E-state index in [4.69, 9.17) is 4.74 Å². The van der Waals surface area contributed by atoms with Crippen molar-refractivity contribution in [3.63, 3.8) is 0 Å². The molecule has 0 radical (unpaired) electrons. The van der Waals surface area contributed by atoms with Gasteiger partial charge in [0.1, 0.15) is 5.60 Å². The molecule has 0 aromatic carbocycles. The molecular weight excluding hydrogens is 368 g/mol. The normalized spacial score (nSPS) is 40.0. The maximum atomic E-state index is 13.4. The molecule has 172 valence electrons. The van der Waals surface area contributed by atoms with E-state index in [1.807, 2.05) is 0 Å². The number of hydrogen-bond donors (Lipinski definition) is 0. The molecule has 0 aromatic heterocycles. The molecule has 2 heteroatoms. The molecule has 4 saturated carbocycles. The van der Waals surface area contributed by atoms with E-state index in [0.29, 0.717) is 16.7 Å². The molecule has 0 aromatic rings. The van der Waals surface area contributed by atoms with Crippen molar-refractivity contribution in [2.75, 3.05) is 0 Å². The smallest absolute Gasteiger partial charge is 0.309 e. The standard InChI is InChI=1S/C28H48O2/c1-8-28(11-9-10-12-28)30-25(29)22-15-18-14-21(22)24-20(17-27(5,6)7)13-19(23(18)24)16-26(2,3)4/h18-24H,8-17H2,1-7H3. The minimum absolute atomic E-state index is 0.131. The zero-order valence-electron chi connectivity index (χ0n) is 20.9. The number of hydrogen-bond acceptors (Lipinski definition) is 2. The first-order chi connectivity index (χ1) is 13.9. The maximum Gasteiger partial charge on any atom is 0.309 e. The summed E-state index contributed by atoms with van der Waals surface area (Å²) in [5, 5.41) is 0. The summed E-state index contributed by atoms with van der Waals surface area (Å²) in [6.45, 7) is 16.7. The van der Waals surface area contributed by atoms with Crippen LogP contribution in [0.1, 0.15) is 113 Å². The number of ether oxygens (including phenoxy) is 1. The first-order valence-electron chi connectivity index (χ1n) is 13.1. The fourth-order valence-electron chi connectivity index (χ4n) is 8.64. The highest BCUT2D eigenvalue weighted by molar-refractivity contribution is 5.74. The first-order valence-corrected chi connectivity index (χ1v) is 13.1. The molecule has 0 spiro atoms. The minimum atomic E-state index is -0.131. The zero-order chi connectivity index (χ0) is 21.9. The van der Waals surface area contributed by atoms with Crippen LogP contribution in [0.3, 0.4) is 0 Å². The van der Waals surface area contributed by atoms with Crippen molar-refractivity contribution in [1.82, 2.24) is 0 Å². The molecule has 4 aliphatic rings. The van der Waals surface area contributed by atoms with E-state index in [1.54, 1.807) is 0 Å². The summed E-state index contributed by atoms with van der Waals surface area (Å²) in [6, 6.07) is 0. The molecule has 0 N–H and O–H groups in total. The van der Waals surface area contributed by atoms with Crippen molar-refractivity contribution in [3.05, 3.63) is 0 Å². The van der Waals surface area contributed by atoms with Gasteiger partial charge in [0, 0.05) is 0 Å². The van der Waals surface area contributed by atoms with Crippen LogP contribution in [-0.4, -0.2) is 11.6 Å². The Labute approximate surface area is 186 Å². The minimum Gasteiger partial charge on any atom is -0.459 e. The van der Waals surface area contributed by atoms with Gasteiger partial charge in [-0.15, -0.1) is 0 Å². The van der Waals surface area contributed by atoms with Crippen LogP contribution in [0.2, 0.25) is 0 Å².